The molecular weight excluding hydrogens is 675 g/mol. The second-order valence-electron chi connectivity index (χ2n) is 12.0. The number of carbonyl (C=O) groups is 1. The topological polar surface area (TPSA) is 59.4 Å². The van der Waals surface area contributed by atoms with Crippen molar-refractivity contribution < 1.29 is 34.7 Å². The number of rotatable bonds is 8. The van der Waals surface area contributed by atoms with E-state index in [1.807, 2.05) is 72.0 Å². The minimum atomic E-state index is -0.377. The maximum atomic E-state index is 11.8. The van der Waals surface area contributed by atoms with Gasteiger partial charge in [-0.15, -0.1) is 12.1 Å². The fourth-order valence-corrected chi connectivity index (χ4v) is 4.75. The van der Waals surface area contributed by atoms with Crippen LogP contribution in [0.5, 0.6) is 11.6 Å². The summed E-state index contributed by atoms with van der Waals surface area (Å²) >= 11 is 0. The number of aromatic nitrogens is 1. The molecule has 1 heterocycles. The molecule has 219 valence electrons. The molecule has 2 aromatic carbocycles. The van der Waals surface area contributed by atoms with Crippen molar-refractivity contribution in [3.05, 3.63) is 77.7 Å². The summed E-state index contributed by atoms with van der Waals surface area (Å²) in [5.74, 6) is 2.27. The van der Waals surface area contributed by atoms with Crippen molar-refractivity contribution in [3.8, 4) is 11.6 Å². The van der Waals surface area contributed by atoms with Crippen molar-refractivity contribution in [1.29, 1.82) is 0 Å². The van der Waals surface area contributed by atoms with Gasteiger partial charge in [0.05, 0.1) is 0 Å². The average Bonchev–Trinajstić information content (AvgIpc) is 2.95. The summed E-state index contributed by atoms with van der Waals surface area (Å²) in [6.45, 7) is 13.9. The number of aliphatic hydroxyl groups is 1. The number of allylic oxidation sites excluding steroid dienone is 2. The Kier molecular flexibility index (Phi) is 12.6. The molecule has 1 radical (unpaired) electrons. The first kappa shape index (κ1) is 33.7. The van der Waals surface area contributed by atoms with Gasteiger partial charge in [0, 0.05) is 54.3 Å². The fourth-order valence-electron chi connectivity index (χ4n) is 4.75. The standard InChI is InChI=1S/C22H22NO.C13H24O2.Ir/c1-16-19(17-8-4-2-5-9-17)12-13-21-20(16)14-15-23-22(21)24-18-10-6-3-7-11-18;1-7-12(3,4)10(14)9-11(15)13(5,6)8-2;/h3,6-7,10,12-15,17H,2,4-5,8-9H2,1H3;9,14H,7-8H2,1-6H3;/q-1;;/b;10-9-;. The molecule has 1 saturated carbocycles. The van der Waals surface area contributed by atoms with Crippen LogP contribution in [0.15, 0.2) is 60.5 Å². The van der Waals surface area contributed by atoms with E-state index in [1.165, 1.54) is 54.7 Å². The van der Waals surface area contributed by atoms with Crippen molar-refractivity contribution in [3.63, 3.8) is 0 Å². The van der Waals surface area contributed by atoms with Gasteiger partial charge >= 0.3 is 0 Å². The van der Waals surface area contributed by atoms with E-state index < -0.39 is 0 Å². The Morgan fingerprint density at radius 1 is 1.00 bits per heavy atom. The number of hydrogen-bond acceptors (Lipinski definition) is 4. The van der Waals surface area contributed by atoms with Gasteiger partial charge in [-0.25, -0.2) is 4.98 Å². The largest absolute Gasteiger partial charge is 0.512 e. The Morgan fingerprint density at radius 2 is 1.68 bits per heavy atom. The molecular formula is C35H46IrNO3-. The first-order chi connectivity index (χ1) is 18.5. The smallest absolute Gasteiger partial charge is 0.224 e. The minimum Gasteiger partial charge on any atom is -0.512 e. The van der Waals surface area contributed by atoms with Crippen LogP contribution in [-0.2, 0) is 24.9 Å². The van der Waals surface area contributed by atoms with Crippen LogP contribution in [0.25, 0.3) is 10.8 Å². The normalized spacial score (nSPS) is 14.6. The summed E-state index contributed by atoms with van der Waals surface area (Å²) < 4.78 is 5.97. The van der Waals surface area contributed by atoms with E-state index in [9.17, 15) is 9.90 Å². The SMILES string of the molecule is CCC(C)(C)C(=O)/C=C(\O)C(C)(C)CC.Cc1c(C2CCCCC2)ccc2c(Oc3[c-]cccc3)nccc12.[Ir]. The number of fused-ring (bicyclic) bond motifs is 1. The molecule has 1 fully saturated rings. The van der Waals surface area contributed by atoms with Gasteiger partial charge in [-0.2, -0.15) is 18.2 Å². The number of pyridine rings is 1. The second kappa shape index (κ2) is 14.9. The minimum absolute atomic E-state index is 0. The number of ether oxygens (including phenoxy) is 1. The number of carbonyl (C=O) groups excluding carboxylic acids is 1. The van der Waals surface area contributed by atoms with Crippen molar-refractivity contribution in [2.75, 3.05) is 0 Å². The van der Waals surface area contributed by atoms with E-state index in [0.717, 1.165) is 18.2 Å². The van der Waals surface area contributed by atoms with Gasteiger partial charge in [0.1, 0.15) is 5.76 Å². The van der Waals surface area contributed by atoms with Crippen LogP contribution in [0.3, 0.4) is 0 Å². The molecule has 1 aliphatic rings. The van der Waals surface area contributed by atoms with E-state index >= 15 is 0 Å². The Hall–Kier alpha value is -2.49. The van der Waals surface area contributed by atoms with Crippen molar-refractivity contribution in [1.82, 2.24) is 4.98 Å². The molecule has 1 N–H and O–H groups in total. The van der Waals surface area contributed by atoms with Crippen LogP contribution in [0.1, 0.15) is 104 Å². The quantitative estimate of drug-likeness (QED) is 0.143. The third-order valence-corrected chi connectivity index (χ3v) is 8.55. The van der Waals surface area contributed by atoms with E-state index in [4.69, 9.17) is 4.74 Å². The van der Waals surface area contributed by atoms with E-state index in [0.29, 0.717) is 17.5 Å². The molecule has 4 nitrogen and oxygen atoms in total. The summed E-state index contributed by atoms with van der Waals surface area (Å²) in [4.78, 5) is 16.3. The molecule has 0 spiro atoms. The second-order valence-corrected chi connectivity index (χ2v) is 12.0. The first-order valence-electron chi connectivity index (χ1n) is 14.5. The average molecular weight is 721 g/mol. The van der Waals surface area contributed by atoms with Crippen LogP contribution >= 0.6 is 0 Å². The summed E-state index contributed by atoms with van der Waals surface area (Å²) in [5, 5.41) is 12.2. The molecule has 3 aromatic rings. The maximum Gasteiger partial charge on any atom is 0.224 e. The number of aryl methyl sites for hydroxylation is 1. The summed E-state index contributed by atoms with van der Waals surface area (Å²) in [6.07, 6.45) is 11.6. The van der Waals surface area contributed by atoms with Crippen molar-refractivity contribution >= 4 is 16.6 Å². The monoisotopic (exact) mass is 721 g/mol. The molecule has 4 rings (SSSR count). The number of ketones is 1. The van der Waals surface area contributed by atoms with Crippen LogP contribution < -0.4 is 4.74 Å². The fraction of sp³-hybridized carbons (Fsp3) is 0.486. The van der Waals surface area contributed by atoms with Gasteiger partial charge in [0.25, 0.3) is 0 Å². The number of benzene rings is 2. The van der Waals surface area contributed by atoms with Crippen LogP contribution in [-0.4, -0.2) is 15.9 Å². The molecule has 0 amide bonds. The van der Waals surface area contributed by atoms with Gasteiger partial charge in [-0.3, -0.25) is 4.79 Å². The van der Waals surface area contributed by atoms with Gasteiger partial charge in [0.2, 0.25) is 5.88 Å². The Balaban J connectivity index is 0.000000307. The van der Waals surface area contributed by atoms with Gasteiger partial charge in [0.15, 0.2) is 5.78 Å². The van der Waals surface area contributed by atoms with Crippen LogP contribution in [0, 0.1) is 23.8 Å². The summed E-state index contributed by atoms with van der Waals surface area (Å²) in [6, 6.07) is 17.3. The van der Waals surface area contributed by atoms with Gasteiger partial charge in [-0.05, 0) is 67.2 Å². The van der Waals surface area contributed by atoms with E-state index in [2.05, 4.69) is 36.2 Å². The third-order valence-electron chi connectivity index (χ3n) is 8.55. The van der Waals surface area contributed by atoms with Gasteiger partial charge in [-0.1, -0.05) is 66.9 Å². The molecule has 1 aliphatic carbocycles. The first-order valence-corrected chi connectivity index (χ1v) is 14.5. The Morgan fingerprint density at radius 3 is 2.27 bits per heavy atom. The van der Waals surface area contributed by atoms with Crippen molar-refractivity contribution in [2.45, 2.75) is 99.3 Å². The molecule has 5 heteroatoms. The van der Waals surface area contributed by atoms with Crippen LogP contribution in [0.4, 0.5) is 0 Å². The number of nitrogens with zero attached hydrogens (tertiary/aromatic N) is 1. The molecule has 1 aromatic heterocycles. The molecule has 0 atom stereocenters. The van der Waals surface area contributed by atoms with E-state index in [-0.39, 0.29) is 42.5 Å². The van der Waals surface area contributed by atoms with E-state index in [1.54, 1.807) is 0 Å². The summed E-state index contributed by atoms with van der Waals surface area (Å²) in [5.41, 5.74) is 2.20. The maximum absolute atomic E-state index is 11.8. The Labute approximate surface area is 255 Å². The zero-order chi connectivity index (χ0) is 28.6. The molecule has 0 aliphatic heterocycles. The predicted octanol–water partition coefficient (Wildman–Crippen LogP) is 10.1. The van der Waals surface area contributed by atoms with Gasteiger partial charge < -0.3 is 9.84 Å². The zero-order valence-electron chi connectivity index (χ0n) is 25.3. The van der Waals surface area contributed by atoms with Crippen LogP contribution in [0.2, 0.25) is 0 Å². The number of para-hydroxylation sites is 1. The van der Waals surface area contributed by atoms with Crippen molar-refractivity contribution in [2.24, 2.45) is 10.8 Å². The molecule has 0 unspecified atom stereocenters. The number of hydrogen-bond donors (Lipinski definition) is 1. The number of aliphatic hydroxyl groups excluding tert-OH is 1. The Bertz CT molecular complexity index is 1270. The zero-order valence-corrected chi connectivity index (χ0v) is 27.7. The molecule has 0 saturated heterocycles. The predicted molar refractivity (Wildman–Crippen MR) is 162 cm³/mol. The summed E-state index contributed by atoms with van der Waals surface area (Å²) in [7, 11) is 0. The third kappa shape index (κ3) is 8.51. The molecule has 40 heavy (non-hydrogen) atoms. The molecule has 0 bridgehead atoms.